The number of aldehydes is 1. The van der Waals surface area contributed by atoms with Crippen LogP contribution in [0, 0.1) is 11.3 Å². The Morgan fingerprint density at radius 3 is 2.71 bits per heavy atom. The second-order valence-electron chi connectivity index (χ2n) is 5.98. The molecule has 0 radical (unpaired) electrons. The summed E-state index contributed by atoms with van der Waals surface area (Å²) in [4.78, 5) is 13.7. The van der Waals surface area contributed by atoms with Gasteiger partial charge in [0.1, 0.15) is 6.29 Å². The molecule has 1 saturated carbocycles. The van der Waals surface area contributed by atoms with Crippen molar-refractivity contribution in [3.8, 4) is 0 Å². The lowest BCUT2D eigenvalue weighted by molar-refractivity contribution is -0.125. The summed E-state index contributed by atoms with van der Waals surface area (Å²) >= 11 is 0. The molecule has 1 saturated heterocycles. The lowest BCUT2D eigenvalue weighted by Crippen LogP contribution is -2.44. The van der Waals surface area contributed by atoms with E-state index in [-0.39, 0.29) is 5.41 Å². The second kappa shape index (κ2) is 5.96. The highest BCUT2D eigenvalue weighted by Gasteiger charge is 2.34. The third-order valence-electron chi connectivity index (χ3n) is 4.23. The highest BCUT2D eigenvalue weighted by molar-refractivity contribution is 5.60. The Morgan fingerprint density at radius 2 is 2.12 bits per heavy atom. The lowest BCUT2D eigenvalue weighted by atomic mass is 9.83. The molecule has 1 heterocycles. The molecule has 2 fully saturated rings. The molecule has 2 rings (SSSR count). The van der Waals surface area contributed by atoms with Gasteiger partial charge in [0, 0.05) is 19.7 Å². The monoisotopic (exact) mass is 239 g/mol. The fourth-order valence-electron chi connectivity index (χ4n) is 3.36. The molecule has 3 nitrogen and oxygen atoms in total. The van der Waals surface area contributed by atoms with E-state index in [0.29, 0.717) is 6.61 Å². The summed E-state index contributed by atoms with van der Waals surface area (Å²) in [6.45, 7) is 3.45. The topological polar surface area (TPSA) is 29.5 Å². The second-order valence-corrected chi connectivity index (χ2v) is 5.98. The zero-order valence-electron chi connectivity index (χ0n) is 11.0. The SMILES string of the molecule is CN(CC1CCCC1)CC1(C=O)CCCOC1. The van der Waals surface area contributed by atoms with Crippen LogP contribution < -0.4 is 0 Å². The first-order valence-electron chi connectivity index (χ1n) is 6.97. The van der Waals surface area contributed by atoms with Crippen LogP contribution in [0.2, 0.25) is 0 Å². The van der Waals surface area contributed by atoms with Crippen LogP contribution >= 0.6 is 0 Å². The van der Waals surface area contributed by atoms with Gasteiger partial charge in [-0.2, -0.15) is 0 Å². The van der Waals surface area contributed by atoms with Crippen molar-refractivity contribution >= 4 is 6.29 Å². The predicted octanol–water partition coefficient (Wildman–Crippen LogP) is 2.10. The molecule has 0 N–H and O–H groups in total. The van der Waals surface area contributed by atoms with Gasteiger partial charge in [-0.05, 0) is 38.6 Å². The Morgan fingerprint density at radius 1 is 1.35 bits per heavy atom. The molecule has 3 heteroatoms. The van der Waals surface area contributed by atoms with Gasteiger partial charge in [-0.15, -0.1) is 0 Å². The molecule has 0 aromatic rings. The van der Waals surface area contributed by atoms with Crippen LogP contribution in [0.1, 0.15) is 38.5 Å². The van der Waals surface area contributed by atoms with Crippen LogP contribution in [0.15, 0.2) is 0 Å². The van der Waals surface area contributed by atoms with Crippen molar-refractivity contribution in [2.75, 3.05) is 33.4 Å². The van der Waals surface area contributed by atoms with Gasteiger partial charge in [0.2, 0.25) is 0 Å². The molecule has 0 aromatic carbocycles. The molecule has 0 bridgehead atoms. The number of rotatable bonds is 5. The Balaban J connectivity index is 1.82. The maximum Gasteiger partial charge on any atom is 0.129 e. The van der Waals surface area contributed by atoms with Crippen LogP contribution in [0.5, 0.6) is 0 Å². The molecule has 98 valence electrons. The maximum absolute atomic E-state index is 11.3. The predicted molar refractivity (Wildman–Crippen MR) is 68.0 cm³/mol. The summed E-state index contributed by atoms with van der Waals surface area (Å²) in [6.07, 6.45) is 8.67. The summed E-state index contributed by atoms with van der Waals surface area (Å²) in [5.41, 5.74) is -0.231. The van der Waals surface area contributed by atoms with Gasteiger partial charge < -0.3 is 14.4 Å². The molecule has 0 spiro atoms. The zero-order valence-corrected chi connectivity index (χ0v) is 11.0. The summed E-state index contributed by atoms with van der Waals surface area (Å²) in [7, 11) is 2.15. The number of carbonyl (C=O) groups excluding carboxylic acids is 1. The normalized spacial score (nSPS) is 30.9. The number of carbonyl (C=O) groups is 1. The van der Waals surface area contributed by atoms with Crippen molar-refractivity contribution in [3.63, 3.8) is 0 Å². The van der Waals surface area contributed by atoms with Crippen molar-refractivity contribution in [3.05, 3.63) is 0 Å². The van der Waals surface area contributed by atoms with Crippen LogP contribution in [0.4, 0.5) is 0 Å². The first-order valence-corrected chi connectivity index (χ1v) is 6.97. The fraction of sp³-hybridized carbons (Fsp3) is 0.929. The number of hydrogen-bond donors (Lipinski definition) is 0. The fourth-order valence-corrected chi connectivity index (χ4v) is 3.36. The largest absolute Gasteiger partial charge is 0.380 e. The molecule has 0 aromatic heterocycles. The average Bonchev–Trinajstić information content (AvgIpc) is 2.83. The number of ether oxygens (including phenoxy) is 1. The third-order valence-corrected chi connectivity index (χ3v) is 4.23. The van der Waals surface area contributed by atoms with Crippen molar-refractivity contribution in [1.29, 1.82) is 0 Å². The molecule has 17 heavy (non-hydrogen) atoms. The molecule has 0 amide bonds. The number of nitrogens with zero attached hydrogens (tertiary/aromatic N) is 1. The minimum atomic E-state index is -0.231. The zero-order chi connectivity index (χ0) is 12.1. The molecule has 1 unspecified atom stereocenters. The van der Waals surface area contributed by atoms with Gasteiger partial charge in [-0.3, -0.25) is 0 Å². The molecular weight excluding hydrogens is 214 g/mol. The van der Waals surface area contributed by atoms with Crippen LogP contribution in [0.3, 0.4) is 0 Å². The third kappa shape index (κ3) is 3.52. The summed E-state index contributed by atoms with van der Waals surface area (Å²) in [5.74, 6) is 0.855. The van der Waals surface area contributed by atoms with Crippen molar-refractivity contribution in [2.45, 2.75) is 38.5 Å². The smallest absolute Gasteiger partial charge is 0.129 e. The minimum Gasteiger partial charge on any atom is -0.380 e. The quantitative estimate of drug-likeness (QED) is 0.688. The number of hydrogen-bond acceptors (Lipinski definition) is 3. The Bertz CT molecular complexity index is 243. The van der Waals surface area contributed by atoms with E-state index < -0.39 is 0 Å². The molecule has 1 aliphatic carbocycles. The Kier molecular flexibility index (Phi) is 4.57. The molecule has 1 atom stereocenters. The van der Waals surface area contributed by atoms with E-state index in [2.05, 4.69) is 11.9 Å². The van der Waals surface area contributed by atoms with Crippen LogP contribution in [-0.4, -0.2) is 44.5 Å². The van der Waals surface area contributed by atoms with E-state index in [1.54, 1.807) is 0 Å². The van der Waals surface area contributed by atoms with E-state index >= 15 is 0 Å². The van der Waals surface area contributed by atoms with Gasteiger partial charge in [-0.25, -0.2) is 0 Å². The van der Waals surface area contributed by atoms with Crippen molar-refractivity contribution in [1.82, 2.24) is 4.90 Å². The van der Waals surface area contributed by atoms with E-state index in [4.69, 9.17) is 4.74 Å². The maximum atomic E-state index is 11.3. The van der Waals surface area contributed by atoms with Gasteiger partial charge in [0.05, 0.1) is 12.0 Å². The summed E-state index contributed by atoms with van der Waals surface area (Å²) < 4.78 is 5.49. The summed E-state index contributed by atoms with van der Waals surface area (Å²) in [5, 5.41) is 0. The highest BCUT2D eigenvalue weighted by atomic mass is 16.5. The van der Waals surface area contributed by atoms with Crippen molar-refractivity contribution in [2.24, 2.45) is 11.3 Å². The standard InChI is InChI=1S/C14H25NO2/c1-15(9-13-5-2-3-6-13)10-14(11-16)7-4-8-17-12-14/h11,13H,2-10,12H2,1H3. The van der Waals surface area contributed by atoms with E-state index in [9.17, 15) is 4.79 Å². The highest BCUT2D eigenvalue weighted by Crippen LogP contribution is 2.29. The lowest BCUT2D eigenvalue weighted by Gasteiger charge is -2.36. The van der Waals surface area contributed by atoms with E-state index in [1.807, 2.05) is 0 Å². The van der Waals surface area contributed by atoms with Gasteiger partial charge >= 0.3 is 0 Å². The van der Waals surface area contributed by atoms with Gasteiger partial charge in [0.15, 0.2) is 0 Å². The van der Waals surface area contributed by atoms with Crippen molar-refractivity contribution < 1.29 is 9.53 Å². The minimum absolute atomic E-state index is 0.231. The van der Waals surface area contributed by atoms with Gasteiger partial charge in [0.25, 0.3) is 0 Å². The van der Waals surface area contributed by atoms with E-state index in [0.717, 1.165) is 44.7 Å². The van der Waals surface area contributed by atoms with E-state index in [1.165, 1.54) is 25.7 Å². The first-order chi connectivity index (χ1) is 8.24. The molecular formula is C14H25NO2. The Hall–Kier alpha value is -0.410. The molecule has 2 aliphatic rings. The Labute approximate surface area is 105 Å². The van der Waals surface area contributed by atoms with Crippen LogP contribution in [0.25, 0.3) is 0 Å². The van der Waals surface area contributed by atoms with Gasteiger partial charge in [-0.1, -0.05) is 12.8 Å². The average molecular weight is 239 g/mol. The summed E-state index contributed by atoms with van der Waals surface area (Å²) in [6, 6.07) is 0. The first kappa shape index (κ1) is 13.0. The van der Waals surface area contributed by atoms with Crippen LogP contribution in [-0.2, 0) is 9.53 Å². The molecule has 1 aliphatic heterocycles.